The summed E-state index contributed by atoms with van der Waals surface area (Å²) < 4.78 is 13.5. The van der Waals surface area contributed by atoms with E-state index in [1.165, 1.54) is 12.4 Å². The van der Waals surface area contributed by atoms with Crippen LogP contribution in [0, 0.1) is 5.82 Å². The van der Waals surface area contributed by atoms with Gasteiger partial charge in [0, 0.05) is 26.2 Å². The fraction of sp³-hybridized carbons (Fsp3) is 0.312. The topological polar surface area (TPSA) is 61.4 Å². The maximum Gasteiger partial charge on any atom is 0.238 e. The number of carbonyl (C=O) groups is 1. The van der Waals surface area contributed by atoms with Gasteiger partial charge in [-0.1, -0.05) is 23.7 Å². The van der Waals surface area contributed by atoms with Gasteiger partial charge in [0.2, 0.25) is 5.91 Å². The van der Waals surface area contributed by atoms with Crippen LogP contribution in [0.25, 0.3) is 0 Å². The van der Waals surface area contributed by atoms with Crippen LogP contribution in [0.1, 0.15) is 0 Å². The molecule has 6 nitrogen and oxygen atoms in total. The minimum absolute atomic E-state index is 0.203. The summed E-state index contributed by atoms with van der Waals surface area (Å²) >= 11 is 6.10. The lowest BCUT2D eigenvalue weighted by atomic mass is 10.3. The highest BCUT2D eigenvalue weighted by molar-refractivity contribution is 6.32. The fourth-order valence-electron chi connectivity index (χ4n) is 2.61. The van der Waals surface area contributed by atoms with Crippen LogP contribution in [0.5, 0.6) is 0 Å². The van der Waals surface area contributed by atoms with Gasteiger partial charge < -0.3 is 10.2 Å². The number of para-hydroxylation sites is 1. The first-order chi connectivity index (χ1) is 11.6. The third-order valence-corrected chi connectivity index (χ3v) is 4.10. The standard InChI is InChI=1S/C16H17ClFN5O/c17-12-9-19-11-20-16(12)23-7-5-22(6-8-23)10-15(24)21-14-4-2-1-3-13(14)18/h1-4,9,11H,5-8,10H2,(H,21,24). The number of halogens is 2. The molecule has 1 aromatic carbocycles. The van der Waals surface area contributed by atoms with Crippen molar-refractivity contribution in [2.75, 3.05) is 42.9 Å². The van der Waals surface area contributed by atoms with Crippen LogP contribution < -0.4 is 10.2 Å². The molecule has 24 heavy (non-hydrogen) atoms. The Hall–Kier alpha value is -2.25. The predicted molar refractivity (Wildman–Crippen MR) is 90.7 cm³/mol. The quantitative estimate of drug-likeness (QED) is 0.915. The van der Waals surface area contributed by atoms with Gasteiger partial charge in [-0.3, -0.25) is 9.69 Å². The van der Waals surface area contributed by atoms with Crippen molar-refractivity contribution in [1.29, 1.82) is 0 Å². The van der Waals surface area contributed by atoms with E-state index >= 15 is 0 Å². The summed E-state index contributed by atoms with van der Waals surface area (Å²) in [4.78, 5) is 24.2. The highest BCUT2D eigenvalue weighted by Crippen LogP contribution is 2.22. The molecular formula is C16H17ClFN5O. The second-order valence-corrected chi connectivity index (χ2v) is 5.89. The van der Waals surface area contributed by atoms with Gasteiger partial charge in [-0.2, -0.15) is 0 Å². The number of benzene rings is 1. The fourth-order valence-corrected chi connectivity index (χ4v) is 2.84. The highest BCUT2D eigenvalue weighted by atomic mass is 35.5. The summed E-state index contributed by atoms with van der Waals surface area (Å²) in [5.41, 5.74) is 0.203. The van der Waals surface area contributed by atoms with Gasteiger partial charge >= 0.3 is 0 Å². The van der Waals surface area contributed by atoms with E-state index in [4.69, 9.17) is 11.6 Å². The Balaban J connectivity index is 1.51. The van der Waals surface area contributed by atoms with Crippen LogP contribution in [-0.2, 0) is 4.79 Å². The van der Waals surface area contributed by atoms with E-state index in [1.54, 1.807) is 24.4 Å². The Kier molecular flexibility index (Phi) is 5.22. The van der Waals surface area contributed by atoms with Gasteiger partial charge in [0.05, 0.1) is 18.4 Å². The lowest BCUT2D eigenvalue weighted by molar-refractivity contribution is -0.117. The summed E-state index contributed by atoms with van der Waals surface area (Å²) in [6, 6.07) is 6.13. The number of nitrogens with one attached hydrogen (secondary N) is 1. The van der Waals surface area contributed by atoms with Gasteiger partial charge in [-0.25, -0.2) is 14.4 Å². The first-order valence-corrected chi connectivity index (χ1v) is 7.98. The zero-order valence-electron chi connectivity index (χ0n) is 13.0. The minimum atomic E-state index is -0.436. The van der Waals surface area contributed by atoms with Gasteiger partial charge in [-0.05, 0) is 12.1 Å². The van der Waals surface area contributed by atoms with Gasteiger partial charge in [0.1, 0.15) is 17.2 Å². The molecule has 0 spiro atoms. The van der Waals surface area contributed by atoms with E-state index < -0.39 is 5.82 Å². The Labute approximate surface area is 144 Å². The molecule has 0 radical (unpaired) electrons. The van der Waals surface area contributed by atoms with Crippen LogP contribution in [0.3, 0.4) is 0 Å². The van der Waals surface area contributed by atoms with Crippen LogP contribution in [0.2, 0.25) is 5.02 Å². The Bertz CT molecular complexity index is 721. The molecule has 126 valence electrons. The summed E-state index contributed by atoms with van der Waals surface area (Å²) in [6.07, 6.45) is 3.04. The number of hydrogen-bond donors (Lipinski definition) is 1. The average molecular weight is 350 g/mol. The van der Waals surface area contributed by atoms with Gasteiger partial charge in [0.15, 0.2) is 5.82 Å². The molecular weight excluding hydrogens is 333 g/mol. The number of amides is 1. The zero-order valence-corrected chi connectivity index (χ0v) is 13.7. The van der Waals surface area contributed by atoms with E-state index in [-0.39, 0.29) is 18.1 Å². The number of piperazine rings is 1. The molecule has 8 heteroatoms. The molecule has 3 rings (SSSR count). The molecule has 0 saturated carbocycles. The molecule has 0 atom stereocenters. The van der Waals surface area contributed by atoms with Crippen molar-refractivity contribution in [3.8, 4) is 0 Å². The third-order valence-electron chi connectivity index (χ3n) is 3.84. The highest BCUT2D eigenvalue weighted by Gasteiger charge is 2.21. The van der Waals surface area contributed by atoms with Crippen molar-refractivity contribution < 1.29 is 9.18 Å². The van der Waals surface area contributed by atoms with Crippen LogP contribution in [-0.4, -0.2) is 53.5 Å². The Morgan fingerprint density at radius 2 is 2.00 bits per heavy atom. The number of nitrogens with zero attached hydrogens (tertiary/aromatic N) is 4. The maximum absolute atomic E-state index is 13.5. The normalized spacial score (nSPS) is 15.3. The van der Waals surface area contributed by atoms with Crippen molar-refractivity contribution in [2.24, 2.45) is 0 Å². The van der Waals surface area contributed by atoms with Gasteiger partial charge in [-0.15, -0.1) is 0 Å². The van der Waals surface area contributed by atoms with E-state index in [0.29, 0.717) is 37.0 Å². The molecule has 0 aliphatic carbocycles. The van der Waals surface area contributed by atoms with Crippen LogP contribution in [0.15, 0.2) is 36.8 Å². The molecule has 1 amide bonds. The van der Waals surface area contributed by atoms with E-state index in [9.17, 15) is 9.18 Å². The number of hydrogen-bond acceptors (Lipinski definition) is 5. The van der Waals surface area contributed by atoms with E-state index in [1.807, 2.05) is 4.90 Å². The average Bonchev–Trinajstić information content (AvgIpc) is 2.58. The van der Waals surface area contributed by atoms with Gasteiger partial charge in [0.25, 0.3) is 0 Å². The Morgan fingerprint density at radius 3 is 2.71 bits per heavy atom. The van der Waals surface area contributed by atoms with E-state index in [2.05, 4.69) is 20.2 Å². The molecule has 1 N–H and O–H groups in total. The lowest BCUT2D eigenvalue weighted by Crippen LogP contribution is -2.49. The van der Waals surface area contributed by atoms with Crippen molar-refractivity contribution in [3.05, 3.63) is 47.6 Å². The van der Waals surface area contributed by atoms with Crippen LogP contribution in [0.4, 0.5) is 15.9 Å². The largest absolute Gasteiger partial charge is 0.353 e. The third kappa shape index (κ3) is 3.98. The number of carbonyl (C=O) groups excluding carboxylic acids is 1. The molecule has 0 bridgehead atoms. The molecule has 2 heterocycles. The number of anilines is 2. The lowest BCUT2D eigenvalue weighted by Gasteiger charge is -2.35. The smallest absolute Gasteiger partial charge is 0.238 e. The summed E-state index contributed by atoms with van der Waals surface area (Å²) in [7, 11) is 0. The van der Waals surface area contributed by atoms with E-state index in [0.717, 1.165) is 0 Å². The van der Waals surface area contributed by atoms with Crippen molar-refractivity contribution in [2.45, 2.75) is 0 Å². The molecule has 2 aromatic rings. The molecule has 1 saturated heterocycles. The first kappa shape index (κ1) is 16.6. The zero-order chi connectivity index (χ0) is 16.9. The monoisotopic (exact) mass is 349 g/mol. The Morgan fingerprint density at radius 1 is 1.25 bits per heavy atom. The molecule has 1 fully saturated rings. The SMILES string of the molecule is O=C(CN1CCN(c2ncncc2Cl)CC1)Nc1ccccc1F. The van der Waals surface area contributed by atoms with Crippen molar-refractivity contribution >= 4 is 29.0 Å². The molecule has 0 unspecified atom stereocenters. The molecule has 1 aliphatic heterocycles. The predicted octanol–water partition coefficient (Wildman–Crippen LogP) is 2.03. The minimum Gasteiger partial charge on any atom is -0.353 e. The number of rotatable bonds is 4. The van der Waals surface area contributed by atoms with Crippen molar-refractivity contribution in [3.63, 3.8) is 0 Å². The van der Waals surface area contributed by atoms with Crippen molar-refractivity contribution in [1.82, 2.24) is 14.9 Å². The first-order valence-electron chi connectivity index (χ1n) is 7.60. The second-order valence-electron chi connectivity index (χ2n) is 5.49. The number of aromatic nitrogens is 2. The maximum atomic E-state index is 13.5. The summed E-state index contributed by atoms with van der Waals surface area (Å²) in [6.45, 7) is 3.04. The molecule has 1 aromatic heterocycles. The molecule has 1 aliphatic rings. The second kappa shape index (κ2) is 7.55. The summed E-state index contributed by atoms with van der Waals surface area (Å²) in [5, 5.41) is 3.12. The summed E-state index contributed by atoms with van der Waals surface area (Å²) in [5.74, 6) is 0.0461. The van der Waals surface area contributed by atoms with Crippen LogP contribution >= 0.6 is 11.6 Å².